The second kappa shape index (κ2) is 6.87. The van der Waals surface area contributed by atoms with Crippen LogP contribution in [0.5, 0.6) is 0 Å². The molecular weight excluding hydrogens is 392 g/mol. The molecule has 0 aromatic carbocycles. The average molecular weight is 443 g/mol. The van der Waals surface area contributed by atoms with Gasteiger partial charge in [-0.05, 0) is 103 Å². The van der Waals surface area contributed by atoms with Gasteiger partial charge in [0.15, 0.2) is 0 Å². The van der Waals surface area contributed by atoms with Crippen molar-refractivity contribution in [3.63, 3.8) is 0 Å². The molecule has 0 bridgehead atoms. The van der Waals surface area contributed by atoms with Gasteiger partial charge in [-0.15, -0.1) is 0 Å². The Labute approximate surface area is 197 Å². The van der Waals surface area contributed by atoms with E-state index in [0.717, 1.165) is 30.6 Å². The molecule has 0 heterocycles. The third-order valence-corrected chi connectivity index (χ3v) is 13.3. The Bertz CT molecular complexity index is 812. The van der Waals surface area contributed by atoms with Crippen LogP contribution in [-0.4, -0.2) is 22.4 Å². The van der Waals surface area contributed by atoms with Gasteiger partial charge in [0.05, 0.1) is 12.2 Å². The molecule has 5 aliphatic rings. The summed E-state index contributed by atoms with van der Waals surface area (Å²) >= 11 is 0. The van der Waals surface area contributed by atoms with Crippen molar-refractivity contribution < 1.29 is 10.2 Å². The van der Waals surface area contributed by atoms with Gasteiger partial charge in [0.25, 0.3) is 0 Å². The third-order valence-electron chi connectivity index (χ3n) is 13.3. The van der Waals surface area contributed by atoms with Crippen LogP contribution in [-0.2, 0) is 0 Å². The second-order valence-electron chi connectivity index (χ2n) is 14.8. The van der Waals surface area contributed by atoms with Gasteiger partial charge in [-0.3, -0.25) is 0 Å². The molecule has 5 aliphatic carbocycles. The summed E-state index contributed by atoms with van der Waals surface area (Å²) in [6, 6.07) is 0. The smallest absolute Gasteiger partial charge is 0.0887 e. The van der Waals surface area contributed by atoms with E-state index in [1.54, 1.807) is 0 Å². The Morgan fingerprint density at radius 1 is 0.812 bits per heavy atom. The van der Waals surface area contributed by atoms with Crippen molar-refractivity contribution in [3.8, 4) is 0 Å². The fraction of sp³-hybridized carbons (Fsp3) is 0.933. The summed E-state index contributed by atoms with van der Waals surface area (Å²) in [5.41, 5.74) is 2.66. The number of hydrogen-bond donors (Lipinski definition) is 2. The van der Waals surface area contributed by atoms with Gasteiger partial charge in [0.1, 0.15) is 0 Å². The minimum Gasteiger partial charge on any atom is -0.390 e. The topological polar surface area (TPSA) is 40.5 Å². The lowest BCUT2D eigenvalue weighted by Gasteiger charge is -2.71. The van der Waals surface area contributed by atoms with Crippen molar-refractivity contribution in [1.29, 1.82) is 0 Å². The molecule has 0 aromatic heterocycles. The highest BCUT2D eigenvalue weighted by Gasteiger charge is 2.70. The molecule has 4 fully saturated rings. The Hall–Kier alpha value is -0.340. The summed E-state index contributed by atoms with van der Waals surface area (Å²) < 4.78 is 0. The van der Waals surface area contributed by atoms with Crippen LogP contribution in [0.2, 0.25) is 0 Å². The molecule has 182 valence electrons. The highest BCUT2D eigenvalue weighted by molar-refractivity contribution is 5.31. The van der Waals surface area contributed by atoms with Crippen molar-refractivity contribution in [2.45, 2.75) is 119 Å². The summed E-state index contributed by atoms with van der Waals surface area (Å²) in [7, 11) is 0. The molecule has 2 heteroatoms. The van der Waals surface area contributed by atoms with E-state index < -0.39 is 12.2 Å². The minimum absolute atomic E-state index is 0.237. The first-order valence-electron chi connectivity index (χ1n) is 13.8. The molecule has 5 rings (SSSR count). The van der Waals surface area contributed by atoms with E-state index in [9.17, 15) is 10.2 Å². The summed E-state index contributed by atoms with van der Waals surface area (Å²) in [6.45, 7) is 19.8. The fourth-order valence-corrected chi connectivity index (χ4v) is 11.3. The number of aliphatic hydroxyl groups excluding tert-OH is 2. The van der Waals surface area contributed by atoms with Crippen LogP contribution >= 0.6 is 0 Å². The first-order chi connectivity index (χ1) is 14.7. The van der Waals surface area contributed by atoms with Crippen molar-refractivity contribution in [3.05, 3.63) is 11.6 Å². The number of aliphatic hydroxyl groups is 2. The maximum Gasteiger partial charge on any atom is 0.0887 e. The van der Waals surface area contributed by atoms with Crippen LogP contribution in [0.25, 0.3) is 0 Å². The standard InChI is InChI=1S/C30H50O2/c1-18(2)19-9-11-23-27(19,5)13-15-30(8)24-12-10-20-21(17-22(31)25(32)26(20,3)4)28(24,6)14-16-29(23,30)7/h10,18-19,21-25,31-32H,9,11-17H2,1-8H3/t19-,21-,22+,23-,24+,25-,27-,28+,29+,30-/m1/s1. The van der Waals surface area contributed by atoms with E-state index in [-0.39, 0.29) is 10.8 Å². The molecule has 0 amide bonds. The van der Waals surface area contributed by atoms with Gasteiger partial charge in [-0.1, -0.05) is 67.0 Å². The number of allylic oxidation sites excluding steroid dienone is 1. The molecule has 2 N–H and O–H groups in total. The maximum atomic E-state index is 10.9. The molecule has 0 aromatic rings. The molecule has 0 saturated heterocycles. The fourth-order valence-electron chi connectivity index (χ4n) is 11.3. The van der Waals surface area contributed by atoms with Crippen molar-refractivity contribution >= 4 is 0 Å². The molecule has 0 aliphatic heterocycles. The zero-order valence-electron chi connectivity index (χ0n) is 22.2. The Kier molecular flexibility index (Phi) is 5.02. The van der Waals surface area contributed by atoms with E-state index >= 15 is 0 Å². The summed E-state index contributed by atoms with van der Waals surface area (Å²) in [6.07, 6.45) is 11.4. The first kappa shape index (κ1) is 23.4. The molecular formula is C30H50O2. The highest BCUT2D eigenvalue weighted by Crippen LogP contribution is 2.77. The highest BCUT2D eigenvalue weighted by atomic mass is 16.3. The molecule has 0 unspecified atom stereocenters. The van der Waals surface area contributed by atoms with Gasteiger partial charge >= 0.3 is 0 Å². The Balaban J connectivity index is 1.55. The molecule has 10 atom stereocenters. The summed E-state index contributed by atoms with van der Waals surface area (Å²) in [4.78, 5) is 0. The monoisotopic (exact) mass is 442 g/mol. The van der Waals surface area contributed by atoms with Crippen molar-refractivity contribution in [2.24, 2.45) is 56.7 Å². The zero-order valence-corrected chi connectivity index (χ0v) is 22.2. The Morgan fingerprint density at radius 3 is 2.03 bits per heavy atom. The third kappa shape index (κ3) is 2.61. The average Bonchev–Trinajstić information content (AvgIpc) is 3.07. The lowest BCUT2D eigenvalue weighted by molar-refractivity contribution is -0.218. The van der Waals surface area contributed by atoms with Crippen molar-refractivity contribution in [1.82, 2.24) is 0 Å². The summed E-state index contributed by atoms with van der Waals surface area (Å²) in [5, 5.41) is 21.7. The van der Waals surface area contributed by atoms with E-state index in [1.165, 1.54) is 44.1 Å². The number of fused-ring (bicyclic) bond motifs is 7. The SMILES string of the molecule is CC(C)[C@H]1CC[C@@H]2[C@]1(C)CC[C@]1(C)[C@H]3CC=C4[C@@H](C[C@H](O)[C@@H](O)C4(C)C)[C@]3(C)CC[C@@]21C. The lowest BCUT2D eigenvalue weighted by Crippen LogP contribution is -2.65. The molecule has 2 nitrogen and oxygen atoms in total. The van der Waals surface area contributed by atoms with E-state index in [4.69, 9.17) is 0 Å². The van der Waals surface area contributed by atoms with Crippen LogP contribution in [0.3, 0.4) is 0 Å². The molecule has 0 radical (unpaired) electrons. The van der Waals surface area contributed by atoms with Gasteiger partial charge in [0.2, 0.25) is 0 Å². The van der Waals surface area contributed by atoms with Crippen LogP contribution in [0.15, 0.2) is 11.6 Å². The predicted molar refractivity (Wildman–Crippen MR) is 132 cm³/mol. The molecule has 0 spiro atoms. The van der Waals surface area contributed by atoms with Gasteiger partial charge in [-0.2, -0.15) is 0 Å². The van der Waals surface area contributed by atoms with E-state index in [0.29, 0.717) is 28.1 Å². The molecule has 4 saturated carbocycles. The zero-order chi connectivity index (χ0) is 23.5. The van der Waals surface area contributed by atoms with Crippen LogP contribution < -0.4 is 0 Å². The summed E-state index contributed by atoms with van der Waals surface area (Å²) in [5.74, 6) is 3.63. The predicted octanol–water partition coefficient (Wildman–Crippen LogP) is 7.00. The quantitative estimate of drug-likeness (QED) is 0.429. The van der Waals surface area contributed by atoms with E-state index in [1.807, 2.05) is 0 Å². The maximum absolute atomic E-state index is 10.9. The lowest BCUT2D eigenvalue weighted by atomic mass is 9.33. The minimum atomic E-state index is -0.642. The van der Waals surface area contributed by atoms with E-state index in [2.05, 4.69) is 61.5 Å². The van der Waals surface area contributed by atoms with Crippen LogP contribution in [0, 0.1) is 56.7 Å². The van der Waals surface area contributed by atoms with Crippen LogP contribution in [0.4, 0.5) is 0 Å². The first-order valence-corrected chi connectivity index (χ1v) is 13.8. The second-order valence-corrected chi connectivity index (χ2v) is 14.8. The Morgan fingerprint density at radius 2 is 1.41 bits per heavy atom. The van der Waals surface area contributed by atoms with Gasteiger partial charge in [0, 0.05) is 5.41 Å². The number of rotatable bonds is 1. The number of hydrogen-bond acceptors (Lipinski definition) is 2. The van der Waals surface area contributed by atoms with Crippen LogP contribution in [0.1, 0.15) is 107 Å². The van der Waals surface area contributed by atoms with Gasteiger partial charge in [-0.25, -0.2) is 0 Å². The van der Waals surface area contributed by atoms with Crippen molar-refractivity contribution in [2.75, 3.05) is 0 Å². The molecule has 32 heavy (non-hydrogen) atoms. The largest absolute Gasteiger partial charge is 0.390 e. The van der Waals surface area contributed by atoms with Gasteiger partial charge < -0.3 is 10.2 Å². The normalized spacial score (nSPS) is 56.7.